The second-order valence-corrected chi connectivity index (χ2v) is 5.37. The molecule has 15 heavy (non-hydrogen) atoms. The average molecular weight is 277 g/mol. The minimum absolute atomic E-state index is 0.139. The first kappa shape index (κ1) is 11.9. The third-order valence-electron chi connectivity index (χ3n) is 3.59. The molecule has 1 aliphatic heterocycles. The Morgan fingerprint density at radius 1 is 1.13 bits per heavy atom. The molecule has 0 aromatic rings. The molecule has 0 amide bonds. The monoisotopic (exact) mass is 276 g/mol. The minimum atomic E-state index is 0.139. The van der Waals surface area contributed by atoms with E-state index < -0.39 is 0 Å². The second-order valence-electron chi connectivity index (χ2n) is 4.81. The van der Waals surface area contributed by atoms with Crippen LogP contribution in [0.3, 0.4) is 0 Å². The summed E-state index contributed by atoms with van der Waals surface area (Å²) in [4.78, 5) is 0. The fourth-order valence-electron chi connectivity index (χ4n) is 2.63. The highest BCUT2D eigenvalue weighted by atomic mass is 79.9. The van der Waals surface area contributed by atoms with Crippen molar-refractivity contribution in [3.63, 3.8) is 0 Å². The maximum atomic E-state index is 6.34. The molecule has 88 valence electrons. The van der Waals surface area contributed by atoms with Crippen LogP contribution in [0.5, 0.6) is 0 Å². The predicted octanol–water partition coefficient (Wildman–Crippen LogP) is 3.28. The average Bonchev–Trinajstić information content (AvgIpc) is 2.32. The number of ether oxygens (including phenoxy) is 2. The fourth-order valence-corrected chi connectivity index (χ4v) is 3.32. The van der Waals surface area contributed by atoms with Crippen molar-refractivity contribution < 1.29 is 9.47 Å². The first-order valence-corrected chi connectivity index (χ1v) is 7.28. The van der Waals surface area contributed by atoms with Crippen LogP contribution in [-0.2, 0) is 9.47 Å². The zero-order valence-electron chi connectivity index (χ0n) is 9.34. The lowest BCUT2D eigenvalue weighted by Crippen LogP contribution is -2.42. The molecule has 2 nitrogen and oxygen atoms in total. The summed E-state index contributed by atoms with van der Waals surface area (Å²) in [5.74, 6) is 0. The highest BCUT2D eigenvalue weighted by Crippen LogP contribution is 2.35. The van der Waals surface area contributed by atoms with Crippen molar-refractivity contribution >= 4 is 15.9 Å². The smallest absolute Gasteiger partial charge is 0.0782 e. The fraction of sp³-hybridized carbons (Fsp3) is 1.00. The van der Waals surface area contributed by atoms with E-state index in [2.05, 4.69) is 15.9 Å². The second kappa shape index (κ2) is 5.65. The van der Waals surface area contributed by atoms with Crippen LogP contribution in [-0.4, -0.2) is 30.2 Å². The standard InChI is InChI=1S/C12H21BrO2/c13-10-12(6-2-1-3-7-12)15-11-4-8-14-9-5-11/h11H,1-10H2. The molecule has 0 aromatic carbocycles. The maximum Gasteiger partial charge on any atom is 0.0782 e. The highest BCUT2D eigenvalue weighted by Gasteiger charge is 2.34. The Hall–Kier alpha value is 0.400. The van der Waals surface area contributed by atoms with Crippen molar-refractivity contribution in [2.45, 2.75) is 56.7 Å². The predicted molar refractivity (Wildman–Crippen MR) is 64.5 cm³/mol. The third-order valence-corrected chi connectivity index (χ3v) is 4.62. The van der Waals surface area contributed by atoms with Gasteiger partial charge in [-0.3, -0.25) is 0 Å². The molecule has 2 rings (SSSR count). The van der Waals surface area contributed by atoms with Gasteiger partial charge in [0.25, 0.3) is 0 Å². The molecule has 0 atom stereocenters. The van der Waals surface area contributed by atoms with E-state index in [0.717, 1.165) is 31.4 Å². The summed E-state index contributed by atoms with van der Waals surface area (Å²) in [6.45, 7) is 1.76. The molecule has 3 heteroatoms. The molecule has 0 spiro atoms. The Bertz CT molecular complexity index is 184. The molecule has 1 aliphatic carbocycles. The lowest BCUT2D eigenvalue weighted by Gasteiger charge is -2.40. The van der Waals surface area contributed by atoms with Gasteiger partial charge in [0.1, 0.15) is 0 Å². The molecule has 2 fully saturated rings. The van der Waals surface area contributed by atoms with Crippen LogP contribution in [0, 0.1) is 0 Å². The summed E-state index contributed by atoms with van der Waals surface area (Å²) < 4.78 is 11.7. The summed E-state index contributed by atoms with van der Waals surface area (Å²) in [7, 11) is 0. The normalized spacial score (nSPS) is 27.8. The van der Waals surface area contributed by atoms with Crippen molar-refractivity contribution in [1.29, 1.82) is 0 Å². The molecule has 0 bridgehead atoms. The summed E-state index contributed by atoms with van der Waals surface area (Å²) >= 11 is 3.64. The van der Waals surface area contributed by atoms with Crippen LogP contribution in [0.15, 0.2) is 0 Å². The van der Waals surface area contributed by atoms with Crippen LogP contribution >= 0.6 is 15.9 Å². The first-order chi connectivity index (χ1) is 7.35. The van der Waals surface area contributed by atoms with Crippen molar-refractivity contribution in [3.05, 3.63) is 0 Å². The molecule has 0 unspecified atom stereocenters. The van der Waals surface area contributed by atoms with Crippen molar-refractivity contribution in [3.8, 4) is 0 Å². The zero-order valence-corrected chi connectivity index (χ0v) is 10.9. The van der Waals surface area contributed by atoms with Gasteiger partial charge in [0, 0.05) is 18.5 Å². The van der Waals surface area contributed by atoms with Crippen LogP contribution in [0.1, 0.15) is 44.9 Å². The molecule has 1 heterocycles. The SMILES string of the molecule is BrCC1(OC2CCOCC2)CCCCC1. The van der Waals surface area contributed by atoms with Crippen LogP contribution in [0.4, 0.5) is 0 Å². The molecule has 2 aliphatic rings. The van der Waals surface area contributed by atoms with Gasteiger partial charge in [-0.25, -0.2) is 0 Å². The van der Waals surface area contributed by atoms with E-state index in [1.54, 1.807) is 0 Å². The lowest BCUT2D eigenvalue weighted by molar-refractivity contribution is -0.128. The summed E-state index contributed by atoms with van der Waals surface area (Å²) in [5, 5.41) is 0.997. The number of hydrogen-bond acceptors (Lipinski definition) is 2. The molecule has 1 saturated carbocycles. The molecule has 0 N–H and O–H groups in total. The third kappa shape index (κ3) is 3.18. The number of rotatable bonds is 3. The Morgan fingerprint density at radius 2 is 1.80 bits per heavy atom. The summed E-state index contributed by atoms with van der Waals surface area (Å²) in [6.07, 6.45) is 9.10. The maximum absolute atomic E-state index is 6.34. The van der Waals surface area contributed by atoms with Gasteiger partial charge in [-0.05, 0) is 25.7 Å². The van der Waals surface area contributed by atoms with Gasteiger partial charge in [0.15, 0.2) is 0 Å². The van der Waals surface area contributed by atoms with E-state index in [1.165, 1.54) is 32.1 Å². The van der Waals surface area contributed by atoms with Gasteiger partial charge >= 0.3 is 0 Å². The molecular formula is C12H21BrO2. The number of hydrogen-bond donors (Lipinski definition) is 0. The Labute approximate surface area is 101 Å². The van der Waals surface area contributed by atoms with Gasteiger partial charge in [-0.15, -0.1) is 0 Å². The largest absolute Gasteiger partial charge is 0.381 e. The van der Waals surface area contributed by atoms with E-state index in [-0.39, 0.29) is 5.60 Å². The van der Waals surface area contributed by atoms with Crippen molar-refractivity contribution in [2.75, 3.05) is 18.5 Å². The van der Waals surface area contributed by atoms with Gasteiger partial charge in [0.2, 0.25) is 0 Å². The topological polar surface area (TPSA) is 18.5 Å². The van der Waals surface area contributed by atoms with E-state index >= 15 is 0 Å². The molecular weight excluding hydrogens is 256 g/mol. The number of halogens is 1. The highest BCUT2D eigenvalue weighted by molar-refractivity contribution is 9.09. The zero-order chi connectivity index (χ0) is 10.6. The van der Waals surface area contributed by atoms with Crippen LogP contribution in [0.25, 0.3) is 0 Å². The van der Waals surface area contributed by atoms with Crippen molar-refractivity contribution in [1.82, 2.24) is 0 Å². The summed E-state index contributed by atoms with van der Waals surface area (Å²) in [6, 6.07) is 0. The van der Waals surface area contributed by atoms with Gasteiger partial charge in [-0.2, -0.15) is 0 Å². The van der Waals surface area contributed by atoms with Gasteiger partial charge in [0.05, 0.1) is 11.7 Å². The minimum Gasteiger partial charge on any atom is -0.381 e. The van der Waals surface area contributed by atoms with E-state index in [1.807, 2.05) is 0 Å². The quantitative estimate of drug-likeness (QED) is 0.737. The molecule has 0 radical (unpaired) electrons. The lowest BCUT2D eigenvalue weighted by atomic mass is 9.86. The first-order valence-electron chi connectivity index (χ1n) is 6.16. The molecule has 0 aromatic heterocycles. The van der Waals surface area contributed by atoms with E-state index in [4.69, 9.17) is 9.47 Å². The molecule has 1 saturated heterocycles. The van der Waals surface area contributed by atoms with Gasteiger partial charge < -0.3 is 9.47 Å². The van der Waals surface area contributed by atoms with Crippen LogP contribution < -0.4 is 0 Å². The van der Waals surface area contributed by atoms with E-state index in [9.17, 15) is 0 Å². The van der Waals surface area contributed by atoms with Crippen molar-refractivity contribution in [2.24, 2.45) is 0 Å². The van der Waals surface area contributed by atoms with E-state index in [0.29, 0.717) is 6.10 Å². The Morgan fingerprint density at radius 3 is 2.40 bits per heavy atom. The number of alkyl halides is 1. The summed E-state index contributed by atoms with van der Waals surface area (Å²) in [5.41, 5.74) is 0.139. The van der Waals surface area contributed by atoms with Gasteiger partial charge in [-0.1, -0.05) is 35.2 Å². The van der Waals surface area contributed by atoms with Crippen LogP contribution in [0.2, 0.25) is 0 Å². The Kier molecular flexibility index (Phi) is 4.47. The Balaban J connectivity index is 1.87.